The number of carbonyl (C=O) groups is 2. The summed E-state index contributed by atoms with van der Waals surface area (Å²) in [6, 6.07) is -1.47. The number of esters is 1. The van der Waals surface area contributed by atoms with Crippen molar-refractivity contribution < 1.29 is 42.7 Å². The molecule has 10 nitrogen and oxygen atoms in total. The van der Waals surface area contributed by atoms with Crippen LogP contribution in [0.1, 0.15) is 232 Å². The van der Waals surface area contributed by atoms with Crippen molar-refractivity contribution in [3.05, 3.63) is 12.2 Å². The number of rotatable bonds is 46. The molecule has 3 unspecified atom stereocenters. The number of unbranched alkanes of at least 4 members (excludes halogenated alkanes) is 30. The maximum absolute atomic E-state index is 12.7. The second kappa shape index (κ2) is 42.8. The summed E-state index contributed by atoms with van der Waals surface area (Å²) < 4.78 is 33.4. The predicted octanol–water partition coefficient (Wildman–Crippen LogP) is 13.3. The van der Waals surface area contributed by atoms with Crippen LogP contribution in [0.4, 0.5) is 0 Å². The number of carboxylic acid groups (broad SMARTS) is 1. The number of aliphatic carboxylic acids is 1. The van der Waals surface area contributed by atoms with Crippen LogP contribution in [-0.4, -0.2) is 60.5 Å². The van der Waals surface area contributed by atoms with Gasteiger partial charge in [0.1, 0.15) is 12.1 Å². The molecule has 338 valence electrons. The Labute approximate surface area is 350 Å². The van der Waals surface area contributed by atoms with Crippen molar-refractivity contribution in [2.45, 2.75) is 244 Å². The molecule has 0 spiro atoms. The van der Waals surface area contributed by atoms with E-state index < -0.39 is 45.1 Å². The van der Waals surface area contributed by atoms with Gasteiger partial charge in [-0.15, -0.1) is 0 Å². The maximum Gasteiger partial charge on any atom is 0.472 e. The normalized spacial score (nSPS) is 13.9. The van der Waals surface area contributed by atoms with Gasteiger partial charge in [0.25, 0.3) is 0 Å². The molecule has 0 aromatic heterocycles. The van der Waals surface area contributed by atoms with Crippen molar-refractivity contribution in [1.29, 1.82) is 0 Å². The van der Waals surface area contributed by atoms with Crippen LogP contribution in [0, 0.1) is 0 Å². The van der Waals surface area contributed by atoms with Crippen LogP contribution in [0.15, 0.2) is 12.2 Å². The fourth-order valence-corrected chi connectivity index (χ4v) is 7.61. The van der Waals surface area contributed by atoms with E-state index in [1.54, 1.807) is 0 Å². The van der Waals surface area contributed by atoms with E-state index in [9.17, 15) is 19.0 Å². The molecule has 0 amide bonds. The maximum atomic E-state index is 12.7. The second-order valence-electron chi connectivity index (χ2n) is 16.2. The van der Waals surface area contributed by atoms with Crippen LogP contribution in [0.25, 0.3) is 0 Å². The van der Waals surface area contributed by atoms with Gasteiger partial charge >= 0.3 is 19.8 Å². The topological polar surface area (TPSA) is 155 Å². The Balaban J connectivity index is 4.08. The summed E-state index contributed by atoms with van der Waals surface area (Å²) in [7, 11) is -4.61. The summed E-state index contributed by atoms with van der Waals surface area (Å²) >= 11 is 0. The molecule has 3 atom stereocenters. The first-order valence-electron chi connectivity index (χ1n) is 23.7. The van der Waals surface area contributed by atoms with E-state index in [0.29, 0.717) is 13.0 Å². The zero-order chi connectivity index (χ0) is 41.9. The quantitative estimate of drug-likeness (QED) is 0.0234. The average molecular weight is 832 g/mol. The van der Waals surface area contributed by atoms with Gasteiger partial charge in [-0.05, 0) is 38.5 Å². The smallest absolute Gasteiger partial charge is 0.472 e. The third kappa shape index (κ3) is 42.6. The molecule has 57 heavy (non-hydrogen) atoms. The largest absolute Gasteiger partial charge is 0.480 e. The van der Waals surface area contributed by atoms with Gasteiger partial charge in [0, 0.05) is 13.0 Å². The predicted molar refractivity (Wildman–Crippen MR) is 236 cm³/mol. The van der Waals surface area contributed by atoms with E-state index >= 15 is 0 Å². The molecule has 0 radical (unpaired) electrons. The lowest BCUT2D eigenvalue weighted by atomic mass is 10.0. The highest BCUT2D eigenvalue weighted by molar-refractivity contribution is 7.47. The monoisotopic (exact) mass is 832 g/mol. The Bertz CT molecular complexity index is 966. The van der Waals surface area contributed by atoms with E-state index in [0.717, 1.165) is 32.1 Å². The van der Waals surface area contributed by atoms with Crippen molar-refractivity contribution in [2.24, 2.45) is 5.73 Å². The molecule has 0 aliphatic carbocycles. The first kappa shape index (κ1) is 55.7. The van der Waals surface area contributed by atoms with E-state index in [4.69, 9.17) is 29.4 Å². The number of carboxylic acids is 1. The number of nitrogens with two attached hydrogens (primary N) is 1. The van der Waals surface area contributed by atoms with Gasteiger partial charge in [0.15, 0.2) is 0 Å². The summed E-state index contributed by atoms with van der Waals surface area (Å²) in [6.45, 7) is 3.92. The number of phosphoric ester groups is 1. The molecule has 0 heterocycles. The molecule has 0 rings (SSSR count). The van der Waals surface area contributed by atoms with Gasteiger partial charge in [0.05, 0.1) is 19.8 Å². The molecule has 0 saturated heterocycles. The van der Waals surface area contributed by atoms with Crippen molar-refractivity contribution >= 4 is 19.8 Å². The van der Waals surface area contributed by atoms with Crippen LogP contribution in [0.5, 0.6) is 0 Å². The lowest BCUT2D eigenvalue weighted by Crippen LogP contribution is -2.34. The van der Waals surface area contributed by atoms with E-state index in [1.807, 2.05) is 0 Å². The Hall–Kier alpha value is -1.29. The SMILES string of the molecule is CCCCCCCCCC/C=C\CCCCCCCCCCCCCC(=O)OC(COCCCCCCCCCCCCCC)COP(=O)(O)OCC(N)C(=O)O. The van der Waals surface area contributed by atoms with Crippen LogP contribution in [0.2, 0.25) is 0 Å². The van der Waals surface area contributed by atoms with Crippen molar-refractivity contribution in [1.82, 2.24) is 0 Å². The fraction of sp³-hybridized carbons (Fsp3) is 0.913. The average Bonchev–Trinajstić information content (AvgIpc) is 3.19. The van der Waals surface area contributed by atoms with E-state index in [-0.39, 0.29) is 13.0 Å². The standard InChI is InChI=1S/C46H90NO9P/c1-3-5-7-9-11-13-15-17-18-19-20-21-22-23-24-25-26-27-28-30-32-34-36-38-45(48)56-43(41-54-57(51,52)55-42-44(47)46(49)50)40-53-39-37-35-33-31-29-16-14-12-10-8-6-4-2/h19-20,43-44H,3-18,21-42,47H2,1-2H3,(H,49,50)(H,51,52)/b20-19-. The fourth-order valence-electron chi connectivity index (χ4n) is 6.84. The third-order valence-corrected chi connectivity index (χ3v) is 11.5. The van der Waals surface area contributed by atoms with Gasteiger partial charge in [-0.2, -0.15) is 0 Å². The number of allylic oxidation sites excluding steroid dienone is 2. The number of ether oxygens (including phenoxy) is 2. The highest BCUT2D eigenvalue weighted by Gasteiger charge is 2.27. The minimum Gasteiger partial charge on any atom is -0.480 e. The van der Waals surface area contributed by atoms with E-state index in [1.165, 1.54) is 173 Å². The second-order valence-corrected chi connectivity index (χ2v) is 17.7. The van der Waals surface area contributed by atoms with Crippen LogP contribution in [0.3, 0.4) is 0 Å². The first-order chi connectivity index (χ1) is 27.7. The molecule has 0 bridgehead atoms. The Morgan fingerprint density at radius 2 is 0.912 bits per heavy atom. The minimum atomic E-state index is -4.61. The van der Waals surface area contributed by atoms with Gasteiger partial charge in [-0.1, -0.05) is 199 Å². The van der Waals surface area contributed by atoms with Crippen LogP contribution >= 0.6 is 7.82 Å². The summed E-state index contributed by atoms with van der Waals surface area (Å²) in [5.74, 6) is -1.77. The zero-order valence-electron chi connectivity index (χ0n) is 37.0. The molecule has 0 aromatic carbocycles. The Morgan fingerprint density at radius 3 is 1.33 bits per heavy atom. The molecule has 0 aromatic rings. The molecule has 0 saturated carbocycles. The molecular weight excluding hydrogens is 741 g/mol. The molecule has 0 aliphatic heterocycles. The lowest BCUT2D eigenvalue weighted by molar-refractivity contribution is -0.154. The summed E-state index contributed by atoms with van der Waals surface area (Å²) in [6.07, 6.45) is 45.5. The van der Waals surface area contributed by atoms with Gasteiger partial charge < -0.3 is 25.2 Å². The number of carbonyl (C=O) groups excluding carboxylic acids is 1. The van der Waals surface area contributed by atoms with Gasteiger partial charge in [0.2, 0.25) is 0 Å². The number of hydrogen-bond acceptors (Lipinski definition) is 8. The van der Waals surface area contributed by atoms with Crippen molar-refractivity contribution in [3.63, 3.8) is 0 Å². The van der Waals surface area contributed by atoms with Crippen LogP contribution in [-0.2, 0) is 32.7 Å². The zero-order valence-corrected chi connectivity index (χ0v) is 37.9. The molecular formula is C46H90NO9P. The molecule has 4 N–H and O–H groups in total. The lowest BCUT2D eigenvalue weighted by Gasteiger charge is -2.20. The minimum absolute atomic E-state index is 0.0227. The van der Waals surface area contributed by atoms with Crippen molar-refractivity contribution in [2.75, 3.05) is 26.4 Å². The van der Waals surface area contributed by atoms with Gasteiger partial charge in [-0.25, -0.2) is 4.57 Å². The summed E-state index contributed by atoms with van der Waals surface area (Å²) in [5, 5.41) is 8.90. The van der Waals surface area contributed by atoms with Crippen molar-refractivity contribution in [3.8, 4) is 0 Å². The van der Waals surface area contributed by atoms with E-state index in [2.05, 4.69) is 26.0 Å². The molecule has 0 fully saturated rings. The van der Waals surface area contributed by atoms with Gasteiger partial charge in [-0.3, -0.25) is 18.6 Å². The summed E-state index contributed by atoms with van der Waals surface area (Å²) in [5.41, 5.74) is 5.36. The Kier molecular flexibility index (Phi) is 41.9. The Morgan fingerprint density at radius 1 is 0.544 bits per heavy atom. The summed E-state index contributed by atoms with van der Waals surface area (Å²) in [4.78, 5) is 33.6. The molecule has 11 heteroatoms. The first-order valence-corrected chi connectivity index (χ1v) is 25.2. The third-order valence-electron chi connectivity index (χ3n) is 10.5. The molecule has 0 aliphatic rings. The number of hydrogen-bond donors (Lipinski definition) is 3. The highest BCUT2D eigenvalue weighted by atomic mass is 31.2. The highest BCUT2D eigenvalue weighted by Crippen LogP contribution is 2.43. The van der Waals surface area contributed by atoms with Crippen LogP contribution < -0.4 is 5.73 Å². The number of phosphoric acid groups is 1.